The molecule has 0 aliphatic heterocycles. The molecule has 2 aromatic rings. The number of carboxylic acids is 1. The molecule has 0 atom stereocenters. The molecule has 0 bridgehead atoms. The molecule has 0 spiro atoms. The van der Waals surface area contributed by atoms with Crippen LogP contribution in [0.3, 0.4) is 0 Å². The number of carbonyl (C=O) groups excluding carboxylic acids is 1. The van der Waals surface area contributed by atoms with Gasteiger partial charge in [-0.15, -0.1) is 0 Å². The zero-order valence-electron chi connectivity index (χ0n) is 15.8. The minimum atomic E-state index is -0.855. The van der Waals surface area contributed by atoms with Gasteiger partial charge in [-0.2, -0.15) is 0 Å². The molecular weight excluding hydrogens is 348 g/mol. The monoisotopic (exact) mass is 374 g/mol. The van der Waals surface area contributed by atoms with Crippen molar-refractivity contribution in [2.24, 2.45) is 5.41 Å². The summed E-state index contributed by atoms with van der Waals surface area (Å²) in [5.41, 5.74) is 1.15. The molecule has 1 heterocycles. The molecule has 1 aliphatic rings. The third-order valence-corrected chi connectivity index (χ3v) is 5.39. The van der Waals surface area contributed by atoms with Crippen LogP contribution in [0, 0.1) is 5.41 Å². The summed E-state index contributed by atoms with van der Waals surface area (Å²) < 4.78 is 10.7. The average molecular weight is 374 g/mol. The van der Waals surface area contributed by atoms with Crippen molar-refractivity contribution in [3.05, 3.63) is 23.9 Å². The van der Waals surface area contributed by atoms with Gasteiger partial charge in [0.15, 0.2) is 0 Å². The number of nitrogens with one attached hydrogen (secondary N) is 2. The Hall–Kier alpha value is -2.70. The quantitative estimate of drug-likeness (QED) is 0.586. The molecule has 27 heavy (non-hydrogen) atoms. The lowest BCUT2D eigenvalue weighted by Gasteiger charge is -2.36. The van der Waals surface area contributed by atoms with E-state index in [1.54, 1.807) is 14.2 Å². The van der Waals surface area contributed by atoms with Gasteiger partial charge >= 0.3 is 5.97 Å². The predicted molar refractivity (Wildman–Crippen MR) is 101 cm³/mol. The second kappa shape index (κ2) is 7.90. The number of amides is 1. The molecule has 1 amide bonds. The van der Waals surface area contributed by atoms with Gasteiger partial charge in [0.25, 0.3) is 0 Å². The smallest absolute Gasteiger partial charge is 0.310 e. The van der Waals surface area contributed by atoms with Crippen molar-refractivity contribution in [3.63, 3.8) is 0 Å². The normalized spacial score (nSPS) is 15.2. The number of fused-ring (bicyclic) bond motifs is 1. The summed E-state index contributed by atoms with van der Waals surface area (Å²) in [5, 5.41) is 13.1. The summed E-state index contributed by atoms with van der Waals surface area (Å²) in [7, 11) is 3.24. The Morgan fingerprint density at radius 1 is 1.22 bits per heavy atom. The van der Waals surface area contributed by atoms with Crippen LogP contribution in [0.15, 0.2) is 18.2 Å². The van der Waals surface area contributed by atoms with Crippen LogP contribution in [0.5, 0.6) is 11.5 Å². The molecule has 1 saturated carbocycles. The van der Waals surface area contributed by atoms with E-state index in [2.05, 4.69) is 10.3 Å². The van der Waals surface area contributed by atoms with E-state index in [9.17, 15) is 14.7 Å². The van der Waals surface area contributed by atoms with E-state index in [1.807, 2.05) is 18.2 Å². The van der Waals surface area contributed by atoms with Crippen LogP contribution in [0.25, 0.3) is 10.9 Å². The second-order valence-electron chi connectivity index (χ2n) is 7.15. The highest BCUT2D eigenvalue weighted by Gasteiger charge is 2.45. The number of aromatic nitrogens is 1. The number of rotatable bonds is 9. The first-order chi connectivity index (χ1) is 13.0. The fourth-order valence-corrected chi connectivity index (χ4v) is 3.60. The number of aromatic amines is 1. The van der Waals surface area contributed by atoms with E-state index in [-0.39, 0.29) is 12.3 Å². The SMILES string of the molecule is COc1cc(OC)c2cc(CCCNC(=O)CC3(C(=O)O)CCC3)[nH]c2c1. The van der Waals surface area contributed by atoms with Crippen LogP contribution in [0.4, 0.5) is 0 Å². The van der Waals surface area contributed by atoms with Crippen molar-refractivity contribution >= 4 is 22.8 Å². The number of aliphatic carboxylic acids is 1. The topological polar surface area (TPSA) is 101 Å². The summed E-state index contributed by atoms with van der Waals surface area (Å²) in [6, 6.07) is 5.81. The minimum absolute atomic E-state index is 0.0751. The van der Waals surface area contributed by atoms with Crippen LogP contribution in [0.2, 0.25) is 0 Å². The third-order valence-electron chi connectivity index (χ3n) is 5.39. The number of hydrogen-bond donors (Lipinski definition) is 3. The first kappa shape index (κ1) is 19.1. The molecule has 7 heteroatoms. The molecule has 146 valence electrons. The van der Waals surface area contributed by atoms with Gasteiger partial charge in [0.2, 0.25) is 5.91 Å². The molecule has 1 fully saturated rings. The highest BCUT2D eigenvalue weighted by molar-refractivity contribution is 5.88. The standard InChI is InChI=1S/C20H26N2O5/c1-26-14-10-16-15(17(11-14)27-2)9-13(22-16)5-3-8-21-18(23)12-20(19(24)25)6-4-7-20/h9-11,22H,3-8,12H2,1-2H3,(H,21,23)(H,24,25). The highest BCUT2D eigenvalue weighted by atomic mass is 16.5. The van der Waals surface area contributed by atoms with E-state index in [1.165, 1.54) is 0 Å². The molecule has 3 N–H and O–H groups in total. The van der Waals surface area contributed by atoms with Gasteiger partial charge in [-0.05, 0) is 31.7 Å². The molecular formula is C20H26N2O5. The first-order valence-electron chi connectivity index (χ1n) is 9.21. The lowest BCUT2D eigenvalue weighted by Crippen LogP contribution is -2.42. The van der Waals surface area contributed by atoms with Gasteiger partial charge in [0, 0.05) is 36.2 Å². The van der Waals surface area contributed by atoms with Crippen molar-refractivity contribution in [3.8, 4) is 11.5 Å². The molecule has 0 saturated heterocycles. The Balaban J connectivity index is 1.52. The molecule has 0 unspecified atom stereocenters. The maximum absolute atomic E-state index is 12.0. The van der Waals surface area contributed by atoms with Gasteiger partial charge in [-0.25, -0.2) is 0 Å². The Morgan fingerprint density at radius 3 is 2.59 bits per heavy atom. The summed E-state index contributed by atoms with van der Waals surface area (Å²) in [4.78, 5) is 26.7. The number of carbonyl (C=O) groups is 2. The van der Waals surface area contributed by atoms with Gasteiger partial charge in [0.1, 0.15) is 11.5 Å². The number of carboxylic acid groups (broad SMARTS) is 1. The number of benzene rings is 1. The Morgan fingerprint density at radius 2 is 2.00 bits per heavy atom. The lowest BCUT2D eigenvalue weighted by atomic mass is 9.66. The molecule has 3 rings (SSSR count). The van der Waals surface area contributed by atoms with Crippen molar-refractivity contribution in [2.75, 3.05) is 20.8 Å². The molecule has 7 nitrogen and oxygen atoms in total. The van der Waals surface area contributed by atoms with Crippen molar-refractivity contribution in [1.82, 2.24) is 10.3 Å². The summed E-state index contributed by atoms with van der Waals surface area (Å²) >= 11 is 0. The van der Waals surface area contributed by atoms with E-state index < -0.39 is 11.4 Å². The molecule has 1 aromatic carbocycles. The van der Waals surface area contributed by atoms with Crippen LogP contribution in [-0.2, 0) is 16.0 Å². The number of ether oxygens (including phenoxy) is 2. The van der Waals surface area contributed by atoms with E-state index in [4.69, 9.17) is 9.47 Å². The van der Waals surface area contributed by atoms with E-state index in [0.29, 0.717) is 19.4 Å². The zero-order chi connectivity index (χ0) is 19.4. The molecule has 1 aliphatic carbocycles. The van der Waals surface area contributed by atoms with Crippen LogP contribution in [0.1, 0.15) is 37.8 Å². The zero-order valence-corrected chi connectivity index (χ0v) is 15.8. The number of hydrogen-bond acceptors (Lipinski definition) is 4. The maximum atomic E-state index is 12.0. The van der Waals surface area contributed by atoms with Gasteiger partial charge in [-0.3, -0.25) is 9.59 Å². The Bertz CT molecular complexity index is 838. The summed E-state index contributed by atoms with van der Waals surface area (Å²) in [5.74, 6) is 0.439. The van der Waals surface area contributed by atoms with Crippen LogP contribution in [-0.4, -0.2) is 42.7 Å². The average Bonchev–Trinajstić information content (AvgIpc) is 3.03. The van der Waals surface area contributed by atoms with Crippen molar-refractivity contribution in [2.45, 2.75) is 38.5 Å². The number of methoxy groups -OCH3 is 2. The van der Waals surface area contributed by atoms with Crippen molar-refractivity contribution in [1.29, 1.82) is 0 Å². The fraction of sp³-hybridized carbons (Fsp3) is 0.500. The van der Waals surface area contributed by atoms with Gasteiger partial charge < -0.3 is 24.9 Å². The maximum Gasteiger partial charge on any atom is 0.310 e. The predicted octanol–water partition coefficient (Wildman–Crippen LogP) is 2.88. The van der Waals surface area contributed by atoms with E-state index >= 15 is 0 Å². The largest absolute Gasteiger partial charge is 0.497 e. The highest BCUT2D eigenvalue weighted by Crippen LogP contribution is 2.44. The van der Waals surface area contributed by atoms with Crippen LogP contribution < -0.4 is 14.8 Å². The number of H-pyrrole nitrogens is 1. The molecule has 1 aromatic heterocycles. The number of aryl methyl sites for hydroxylation is 1. The third kappa shape index (κ3) is 4.02. The Labute approximate surface area is 158 Å². The van der Waals surface area contributed by atoms with E-state index in [0.717, 1.165) is 47.4 Å². The Kier molecular flexibility index (Phi) is 5.58. The fourth-order valence-electron chi connectivity index (χ4n) is 3.60. The second-order valence-corrected chi connectivity index (χ2v) is 7.15. The van der Waals surface area contributed by atoms with Gasteiger partial charge in [0.05, 0.1) is 25.2 Å². The summed E-state index contributed by atoms with van der Waals surface area (Å²) in [6.45, 7) is 0.518. The van der Waals surface area contributed by atoms with Gasteiger partial charge in [-0.1, -0.05) is 6.42 Å². The minimum Gasteiger partial charge on any atom is -0.497 e. The first-order valence-corrected chi connectivity index (χ1v) is 9.21. The van der Waals surface area contributed by atoms with Crippen LogP contribution >= 0.6 is 0 Å². The summed E-state index contributed by atoms with van der Waals surface area (Å²) in [6.07, 6.45) is 3.68. The molecule has 0 radical (unpaired) electrons. The lowest BCUT2D eigenvalue weighted by molar-refractivity contribution is -0.157. The van der Waals surface area contributed by atoms with Crippen molar-refractivity contribution < 1.29 is 24.2 Å².